The highest BCUT2D eigenvalue weighted by Gasteiger charge is 2.54. The highest BCUT2D eigenvalue weighted by molar-refractivity contribution is 6.09. The Bertz CT molecular complexity index is 3970. The van der Waals surface area contributed by atoms with Gasteiger partial charge in [0.15, 0.2) is 5.82 Å². The summed E-state index contributed by atoms with van der Waals surface area (Å²) in [5.41, 5.74) is 29.7. The molecular formula is C67H46N4. The Labute approximate surface area is 413 Å². The zero-order valence-corrected chi connectivity index (χ0v) is 38.9. The molecule has 0 radical (unpaired) electrons. The Kier molecular flexibility index (Phi) is 9.37. The van der Waals surface area contributed by atoms with Crippen molar-refractivity contribution in [3.05, 3.63) is 276 Å². The number of aryl methyl sites for hydroxylation is 2. The summed E-state index contributed by atoms with van der Waals surface area (Å²) in [4.78, 5) is 11.2. The maximum atomic E-state index is 6.60. The molecule has 0 fully saturated rings. The predicted molar refractivity (Wildman–Crippen MR) is 293 cm³/mol. The summed E-state index contributed by atoms with van der Waals surface area (Å²) in [5.74, 6) is 0.720. The summed E-state index contributed by atoms with van der Waals surface area (Å²) < 4.78 is 2.46. The van der Waals surface area contributed by atoms with Crippen molar-refractivity contribution in [1.82, 2.24) is 14.5 Å². The molecule has 0 saturated carbocycles. The second-order valence-electron chi connectivity index (χ2n) is 19.0. The van der Waals surface area contributed by atoms with E-state index in [4.69, 9.17) is 15.7 Å². The van der Waals surface area contributed by atoms with Gasteiger partial charge in [0.25, 0.3) is 0 Å². The molecule has 0 saturated heterocycles. The van der Waals surface area contributed by atoms with E-state index in [-0.39, 0.29) is 0 Å². The molecule has 2 aliphatic carbocycles. The topological polar surface area (TPSA) is 56.7 Å². The molecule has 2 aliphatic rings. The highest BCUT2D eigenvalue weighted by Crippen LogP contribution is 2.64. The van der Waals surface area contributed by atoms with Crippen molar-refractivity contribution in [3.63, 3.8) is 0 Å². The molecule has 14 rings (SSSR count). The highest BCUT2D eigenvalue weighted by atomic mass is 15.0. The van der Waals surface area contributed by atoms with E-state index < -0.39 is 5.41 Å². The first-order valence-electron chi connectivity index (χ1n) is 24.6. The zero-order chi connectivity index (χ0) is 47.0. The fourth-order valence-corrected chi connectivity index (χ4v) is 12.0. The van der Waals surface area contributed by atoms with Gasteiger partial charge in [-0.25, -0.2) is 9.97 Å². The van der Waals surface area contributed by atoms with Gasteiger partial charge in [0.1, 0.15) is 0 Å². The summed E-state index contributed by atoms with van der Waals surface area (Å²) in [6, 6.07) is 88.0. The molecule has 71 heavy (non-hydrogen) atoms. The number of para-hydroxylation sites is 3. The molecule has 0 bridgehead atoms. The molecule has 2 aromatic heterocycles. The lowest BCUT2D eigenvalue weighted by atomic mass is 9.72. The first-order valence-corrected chi connectivity index (χ1v) is 24.6. The molecule has 10 aromatic carbocycles. The van der Waals surface area contributed by atoms with Crippen LogP contribution < -0.4 is 5.73 Å². The standard InChI is InChI=1S/C67H46N4/c68-60-32-16-11-27-53(60)50-24-8-7-19-44(50)36-35-43-39-48(41-49(40-43)71-61-33-17-12-28-54(61)55-29-13-18-34-62(55)71)47-37-38-56-59(42-47)67(57-30-14-9-25-51(57)52-26-10-15-31-58(52)67)65-63(56)64(45-20-3-1-4-21-45)69-66(70-65)46-22-5-2-6-23-46/h1-34,37-42H,35-36,68H2. The van der Waals surface area contributed by atoms with Crippen LogP contribution in [0.5, 0.6) is 0 Å². The van der Waals surface area contributed by atoms with Crippen LogP contribution >= 0.6 is 0 Å². The number of benzene rings is 10. The minimum Gasteiger partial charge on any atom is -0.398 e. The number of nitrogen functional groups attached to an aromatic ring is 1. The molecule has 1 spiro atoms. The Morgan fingerprint density at radius 3 is 1.66 bits per heavy atom. The smallest absolute Gasteiger partial charge is 0.160 e. The van der Waals surface area contributed by atoms with Crippen molar-refractivity contribution in [2.75, 3.05) is 5.73 Å². The largest absolute Gasteiger partial charge is 0.398 e. The Morgan fingerprint density at radius 2 is 0.972 bits per heavy atom. The van der Waals surface area contributed by atoms with Gasteiger partial charge in [-0.1, -0.05) is 206 Å². The molecule has 334 valence electrons. The van der Waals surface area contributed by atoms with E-state index in [1.54, 1.807) is 0 Å². The molecule has 4 heteroatoms. The average Bonchev–Trinajstić information content (AvgIpc) is 4.05. The van der Waals surface area contributed by atoms with Crippen LogP contribution in [0.4, 0.5) is 5.69 Å². The molecular weight excluding hydrogens is 861 g/mol. The number of rotatable bonds is 8. The third kappa shape index (κ3) is 6.31. The van der Waals surface area contributed by atoms with Crippen molar-refractivity contribution < 1.29 is 0 Å². The number of anilines is 1. The Balaban J connectivity index is 1.02. The number of nitrogens with two attached hydrogens (primary N) is 1. The molecule has 0 unspecified atom stereocenters. The van der Waals surface area contributed by atoms with Crippen LogP contribution in [0.15, 0.2) is 243 Å². The molecule has 2 heterocycles. The summed E-state index contributed by atoms with van der Waals surface area (Å²) >= 11 is 0. The molecule has 12 aromatic rings. The van der Waals surface area contributed by atoms with Crippen LogP contribution in [0.2, 0.25) is 0 Å². The van der Waals surface area contributed by atoms with Gasteiger partial charge in [-0.05, 0) is 110 Å². The summed E-state index contributed by atoms with van der Waals surface area (Å²) in [6.45, 7) is 0. The van der Waals surface area contributed by atoms with E-state index in [0.29, 0.717) is 0 Å². The van der Waals surface area contributed by atoms with E-state index in [2.05, 4.69) is 235 Å². The Hall–Kier alpha value is -9.12. The lowest BCUT2D eigenvalue weighted by Crippen LogP contribution is -2.27. The predicted octanol–water partition coefficient (Wildman–Crippen LogP) is 16.0. The number of fused-ring (bicyclic) bond motifs is 13. The molecule has 4 nitrogen and oxygen atoms in total. The number of hydrogen-bond donors (Lipinski definition) is 1. The lowest BCUT2D eigenvalue weighted by molar-refractivity contribution is 0.758. The monoisotopic (exact) mass is 906 g/mol. The quantitative estimate of drug-likeness (QED) is 0.155. The van der Waals surface area contributed by atoms with Gasteiger partial charge in [0, 0.05) is 44.4 Å². The third-order valence-corrected chi connectivity index (χ3v) is 15.1. The first kappa shape index (κ1) is 40.9. The van der Waals surface area contributed by atoms with Crippen molar-refractivity contribution in [2.45, 2.75) is 18.3 Å². The fourth-order valence-electron chi connectivity index (χ4n) is 12.0. The number of hydrogen-bond acceptors (Lipinski definition) is 3. The second-order valence-corrected chi connectivity index (χ2v) is 19.0. The van der Waals surface area contributed by atoms with Gasteiger partial charge < -0.3 is 10.3 Å². The number of aromatic nitrogens is 3. The number of nitrogens with zero attached hydrogens (tertiary/aromatic N) is 3. The average molecular weight is 907 g/mol. The molecule has 0 atom stereocenters. The molecule has 2 N–H and O–H groups in total. The van der Waals surface area contributed by atoms with Crippen LogP contribution in [-0.2, 0) is 18.3 Å². The normalized spacial score (nSPS) is 12.8. The van der Waals surface area contributed by atoms with E-state index in [1.807, 2.05) is 12.1 Å². The first-order chi connectivity index (χ1) is 35.1. The summed E-state index contributed by atoms with van der Waals surface area (Å²) in [7, 11) is 0. The van der Waals surface area contributed by atoms with E-state index in [9.17, 15) is 0 Å². The minimum absolute atomic E-state index is 0.708. The molecule has 0 aliphatic heterocycles. The van der Waals surface area contributed by atoms with Crippen LogP contribution in [0.3, 0.4) is 0 Å². The van der Waals surface area contributed by atoms with Crippen molar-refractivity contribution in [3.8, 4) is 72.8 Å². The maximum Gasteiger partial charge on any atom is 0.160 e. The maximum absolute atomic E-state index is 6.60. The van der Waals surface area contributed by atoms with Gasteiger partial charge in [0.05, 0.1) is 27.8 Å². The van der Waals surface area contributed by atoms with Gasteiger partial charge in [0.2, 0.25) is 0 Å². The van der Waals surface area contributed by atoms with Gasteiger partial charge in [-0.3, -0.25) is 0 Å². The minimum atomic E-state index is -0.708. The van der Waals surface area contributed by atoms with Crippen LogP contribution in [0.1, 0.15) is 33.5 Å². The van der Waals surface area contributed by atoms with Gasteiger partial charge in [-0.15, -0.1) is 0 Å². The van der Waals surface area contributed by atoms with Crippen molar-refractivity contribution in [2.24, 2.45) is 0 Å². The fraction of sp³-hybridized carbons (Fsp3) is 0.0448. The van der Waals surface area contributed by atoms with E-state index >= 15 is 0 Å². The van der Waals surface area contributed by atoms with Crippen LogP contribution in [-0.4, -0.2) is 14.5 Å². The van der Waals surface area contributed by atoms with Gasteiger partial charge >= 0.3 is 0 Å². The summed E-state index contributed by atoms with van der Waals surface area (Å²) in [5, 5.41) is 2.48. The van der Waals surface area contributed by atoms with E-state index in [0.717, 1.165) is 80.4 Å². The lowest BCUT2D eigenvalue weighted by Gasteiger charge is -2.30. The van der Waals surface area contributed by atoms with Crippen LogP contribution in [0, 0.1) is 0 Å². The second kappa shape index (κ2) is 16.3. The SMILES string of the molecule is Nc1ccccc1-c1ccccc1CCc1cc(-c2ccc3c(c2)C2(c4ccccc4-c4ccccc42)c2nc(-c4ccccc4)nc(-c4ccccc4)c2-3)cc(-n2c3ccccc3c3ccccc32)c1. The third-order valence-electron chi connectivity index (χ3n) is 15.1. The Morgan fingerprint density at radius 1 is 0.394 bits per heavy atom. The van der Waals surface area contributed by atoms with E-state index in [1.165, 1.54) is 66.3 Å². The van der Waals surface area contributed by atoms with Crippen molar-refractivity contribution in [1.29, 1.82) is 0 Å². The van der Waals surface area contributed by atoms with Crippen molar-refractivity contribution >= 4 is 27.5 Å². The molecule has 0 amide bonds. The zero-order valence-electron chi connectivity index (χ0n) is 38.9. The van der Waals surface area contributed by atoms with Crippen LogP contribution in [0.25, 0.3) is 94.6 Å². The van der Waals surface area contributed by atoms with Gasteiger partial charge in [-0.2, -0.15) is 0 Å². The summed E-state index contributed by atoms with van der Waals surface area (Å²) in [6.07, 6.45) is 1.68.